The SMILES string of the molecule is Cc1cnc(C)c(N2CCN(CC(=O)N(C)C3CCCCC3)CC2)n1. The van der Waals surface area contributed by atoms with Gasteiger partial charge in [0.05, 0.1) is 17.9 Å². The van der Waals surface area contributed by atoms with Gasteiger partial charge in [-0.2, -0.15) is 0 Å². The van der Waals surface area contributed by atoms with Crippen molar-refractivity contribution in [2.24, 2.45) is 0 Å². The Bertz CT molecular complexity index is 591. The van der Waals surface area contributed by atoms with Crippen molar-refractivity contribution in [2.75, 3.05) is 44.7 Å². The fraction of sp³-hybridized carbons (Fsp3) is 0.737. The molecule has 1 saturated carbocycles. The van der Waals surface area contributed by atoms with Crippen molar-refractivity contribution in [3.63, 3.8) is 0 Å². The van der Waals surface area contributed by atoms with E-state index >= 15 is 0 Å². The van der Waals surface area contributed by atoms with Crippen LogP contribution < -0.4 is 4.90 Å². The molecule has 1 aliphatic heterocycles. The molecule has 0 unspecified atom stereocenters. The fourth-order valence-corrected chi connectivity index (χ4v) is 3.92. The average molecular weight is 345 g/mol. The molecule has 138 valence electrons. The largest absolute Gasteiger partial charge is 0.353 e. The number of aromatic nitrogens is 2. The van der Waals surface area contributed by atoms with E-state index in [1.807, 2.05) is 32.0 Å². The number of piperazine rings is 1. The van der Waals surface area contributed by atoms with Gasteiger partial charge < -0.3 is 9.80 Å². The Hall–Kier alpha value is -1.69. The summed E-state index contributed by atoms with van der Waals surface area (Å²) in [7, 11) is 1.99. The Morgan fingerprint density at radius 2 is 1.84 bits per heavy atom. The van der Waals surface area contributed by atoms with Crippen LogP contribution in [0.4, 0.5) is 5.82 Å². The van der Waals surface area contributed by atoms with Crippen LogP contribution in [0.15, 0.2) is 6.20 Å². The maximum absolute atomic E-state index is 12.6. The van der Waals surface area contributed by atoms with E-state index in [1.54, 1.807) is 0 Å². The molecule has 1 amide bonds. The minimum absolute atomic E-state index is 0.270. The normalized spacial score (nSPS) is 19.9. The Labute approximate surface area is 151 Å². The molecule has 2 fully saturated rings. The smallest absolute Gasteiger partial charge is 0.236 e. The molecular formula is C19H31N5O. The van der Waals surface area contributed by atoms with Gasteiger partial charge in [-0.05, 0) is 26.7 Å². The molecule has 25 heavy (non-hydrogen) atoms. The lowest BCUT2D eigenvalue weighted by Gasteiger charge is -2.37. The van der Waals surface area contributed by atoms with E-state index in [1.165, 1.54) is 32.1 Å². The van der Waals surface area contributed by atoms with Crippen molar-refractivity contribution in [1.29, 1.82) is 0 Å². The molecule has 1 aromatic rings. The fourth-order valence-electron chi connectivity index (χ4n) is 3.92. The zero-order chi connectivity index (χ0) is 17.8. The Balaban J connectivity index is 1.50. The van der Waals surface area contributed by atoms with Gasteiger partial charge in [0.1, 0.15) is 5.82 Å². The van der Waals surface area contributed by atoms with Gasteiger partial charge in [-0.3, -0.25) is 14.7 Å². The molecular weight excluding hydrogens is 314 g/mol. The molecule has 6 heteroatoms. The van der Waals surface area contributed by atoms with E-state index in [-0.39, 0.29) is 5.91 Å². The lowest BCUT2D eigenvalue weighted by atomic mass is 9.94. The maximum Gasteiger partial charge on any atom is 0.236 e. The Kier molecular flexibility index (Phi) is 5.89. The summed E-state index contributed by atoms with van der Waals surface area (Å²) in [4.78, 5) is 28.2. The molecule has 6 nitrogen and oxygen atoms in total. The van der Waals surface area contributed by atoms with Crippen LogP contribution in [-0.2, 0) is 4.79 Å². The number of hydrogen-bond acceptors (Lipinski definition) is 5. The third kappa shape index (κ3) is 4.48. The highest BCUT2D eigenvalue weighted by Crippen LogP contribution is 2.22. The number of hydrogen-bond donors (Lipinski definition) is 0. The van der Waals surface area contributed by atoms with E-state index in [0.717, 1.165) is 43.4 Å². The molecule has 2 aliphatic rings. The zero-order valence-electron chi connectivity index (χ0n) is 15.9. The molecule has 1 saturated heterocycles. The van der Waals surface area contributed by atoms with Crippen molar-refractivity contribution < 1.29 is 4.79 Å². The van der Waals surface area contributed by atoms with E-state index in [2.05, 4.69) is 19.8 Å². The second kappa shape index (κ2) is 8.13. The molecule has 0 aromatic carbocycles. The van der Waals surface area contributed by atoms with Gasteiger partial charge in [0.15, 0.2) is 0 Å². The van der Waals surface area contributed by atoms with Crippen molar-refractivity contribution in [3.8, 4) is 0 Å². The van der Waals surface area contributed by atoms with Crippen molar-refractivity contribution in [3.05, 3.63) is 17.6 Å². The minimum atomic E-state index is 0.270. The number of nitrogens with zero attached hydrogens (tertiary/aromatic N) is 5. The summed E-state index contributed by atoms with van der Waals surface area (Å²) in [6, 6.07) is 0.452. The number of rotatable bonds is 4. The molecule has 0 bridgehead atoms. The first kappa shape index (κ1) is 18.1. The molecule has 2 heterocycles. The van der Waals surface area contributed by atoms with Crippen LogP contribution in [0.2, 0.25) is 0 Å². The van der Waals surface area contributed by atoms with Crippen molar-refractivity contribution in [1.82, 2.24) is 19.8 Å². The quantitative estimate of drug-likeness (QED) is 0.835. The van der Waals surface area contributed by atoms with Gasteiger partial charge in [-0.25, -0.2) is 4.98 Å². The van der Waals surface area contributed by atoms with Crippen LogP contribution in [0.3, 0.4) is 0 Å². The van der Waals surface area contributed by atoms with Crippen LogP contribution in [0.1, 0.15) is 43.5 Å². The molecule has 1 aromatic heterocycles. The van der Waals surface area contributed by atoms with Crippen LogP contribution >= 0.6 is 0 Å². The molecule has 0 atom stereocenters. The van der Waals surface area contributed by atoms with E-state index in [4.69, 9.17) is 0 Å². The van der Waals surface area contributed by atoms with Crippen LogP contribution in [0, 0.1) is 13.8 Å². The summed E-state index contributed by atoms with van der Waals surface area (Å²) in [5, 5.41) is 0. The molecule has 0 radical (unpaired) electrons. The summed E-state index contributed by atoms with van der Waals surface area (Å²) in [5.41, 5.74) is 1.93. The van der Waals surface area contributed by atoms with Crippen LogP contribution in [-0.4, -0.2) is 71.5 Å². The zero-order valence-corrected chi connectivity index (χ0v) is 15.9. The van der Waals surface area contributed by atoms with Gasteiger partial charge in [-0.1, -0.05) is 19.3 Å². The highest BCUT2D eigenvalue weighted by molar-refractivity contribution is 5.78. The standard InChI is InChI=1S/C19H31N5O/c1-15-13-20-16(2)19(21-15)24-11-9-23(10-12-24)14-18(25)22(3)17-7-5-4-6-8-17/h13,17H,4-12,14H2,1-3H3. The van der Waals surface area contributed by atoms with Crippen molar-refractivity contribution >= 4 is 11.7 Å². The van der Waals surface area contributed by atoms with Crippen LogP contribution in [0.25, 0.3) is 0 Å². The average Bonchev–Trinajstić information content (AvgIpc) is 2.64. The monoisotopic (exact) mass is 345 g/mol. The number of amides is 1. The van der Waals surface area contributed by atoms with E-state index in [9.17, 15) is 4.79 Å². The van der Waals surface area contributed by atoms with Gasteiger partial charge in [0, 0.05) is 45.5 Å². The first-order valence-corrected chi connectivity index (χ1v) is 9.58. The second-order valence-corrected chi connectivity index (χ2v) is 7.48. The summed E-state index contributed by atoms with van der Waals surface area (Å²) >= 11 is 0. The highest BCUT2D eigenvalue weighted by atomic mass is 16.2. The number of carbonyl (C=O) groups is 1. The third-order valence-electron chi connectivity index (χ3n) is 5.60. The lowest BCUT2D eigenvalue weighted by Crippen LogP contribution is -2.51. The molecule has 1 aliphatic carbocycles. The Morgan fingerprint density at radius 1 is 1.16 bits per heavy atom. The van der Waals surface area contributed by atoms with Crippen LogP contribution in [0.5, 0.6) is 0 Å². The van der Waals surface area contributed by atoms with Gasteiger partial charge in [0.2, 0.25) is 5.91 Å². The summed E-state index contributed by atoms with van der Waals surface area (Å²) in [5.74, 6) is 1.26. The predicted octanol–water partition coefficient (Wildman–Crippen LogP) is 2.01. The van der Waals surface area contributed by atoms with Gasteiger partial charge >= 0.3 is 0 Å². The number of likely N-dealkylation sites (N-methyl/N-ethyl adjacent to an activating group) is 1. The van der Waals surface area contributed by atoms with E-state index in [0.29, 0.717) is 12.6 Å². The number of aryl methyl sites for hydroxylation is 2. The Morgan fingerprint density at radius 3 is 2.52 bits per heavy atom. The maximum atomic E-state index is 12.6. The highest BCUT2D eigenvalue weighted by Gasteiger charge is 2.26. The van der Waals surface area contributed by atoms with E-state index < -0.39 is 0 Å². The molecule has 0 N–H and O–H groups in total. The first-order valence-electron chi connectivity index (χ1n) is 9.58. The minimum Gasteiger partial charge on any atom is -0.353 e. The van der Waals surface area contributed by atoms with Gasteiger partial charge in [0.25, 0.3) is 0 Å². The number of carbonyl (C=O) groups excluding carboxylic acids is 1. The topological polar surface area (TPSA) is 52.6 Å². The first-order chi connectivity index (χ1) is 12.0. The van der Waals surface area contributed by atoms with Crippen molar-refractivity contribution in [2.45, 2.75) is 52.0 Å². The molecule has 3 rings (SSSR count). The number of anilines is 1. The predicted molar refractivity (Wildman–Crippen MR) is 99.8 cm³/mol. The lowest BCUT2D eigenvalue weighted by molar-refractivity contribution is -0.133. The summed E-state index contributed by atoms with van der Waals surface area (Å²) < 4.78 is 0. The summed E-state index contributed by atoms with van der Waals surface area (Å²) in [6.45, 7) is 8.14. The third-order valence-corrected chi connectivity index (χ3v) is 5.60. The summed E-state index contributed by atoms with van der Waals surface area (Å²) in [6.07, 6.45) is 7.99. The second-order valence-electron chi connectivity index (χ2n) is 7.48. The molecule has 0 spiro atoms. The van der Waals surface area contributed by atoms with Gasteiger partial charge in [-0.15, -0.1) is 0 Å².